The molecule has 6 heteroatoms. The van der Waals surface area contributed by atoms with Crippen molar-refractivity contribution in [3.05, 3.63) is 133 Å². The van der Waals surface area contributed by atoms with Gasteiger partial charge in [0.25, 0.3) is 0 Å². The van der Waals surface area contributed by atoms with Crippen LogP contribution in [0.3, 0.4) is 0 Å². The van der Waals surface area contributed by atoms with Crippen molar-refractivity contribution in [2.75, 3.05) is 36.2 Å². The van der Waals surface area contributed by atoms with Crippen molar-refractivity contribution in [1.29, 1.82) is 0 Å². The van der Waals surface area contributed by atoms with Gasteiger partial charge >= 0.3 is 0 Å². The van der Waals surface area contributed by atoms with Crippen molar-refractivity contribution in [2.45, 2.75) is 38.5 Å². The van der Waals surface area contributed by atoms with Crippen LogP contribution in [-0.4, -0.2) is 36.6 Å². The van der Waals surface area contributed by atoms with E-state index in [0.717, 1.165) is 84.1 Å². The molecule has 238 valence electrons. The first kappa shape index (κ1) is 32.6. The monoisotopic (exact) mass is 616 g/mol. The van der Waals surface area contributed by atoms with Crippen LogP contribution < -0.4 is 19.3 Å². The number of para-hydroxylation sites is 2. The molecule has 5 aromatic rings. The summed E-state index contributed by atoms with van der Waals surface area (Å²) in [5.74, 6) is 1.66. The minimum absolute atomic E-state index is 0.222. The van der Waals surface area contributed by atoms with Gasteiger partial charge in [0.05, 0.1) is 13.2 Å². The Morgan fingerprint density at radius 3 is 0.978 bits per heavy atom. The molecule has 0 radical (unpaired) electrons. The lowest BCUT2D eigenvalue weighted by molar-refractivity contribution is 0.265. The number of anilines is 6. The molecule has 0 saturated heterocycles. The SMILES string of the molecule is OCCCCCOc1ccc(N(c2ccc(OCCCCCO)cc2)c2ccc(N(c3ccccc3)c3ccccc3)cc2)cc1. The quantitative estimate of drug-likeness (QED) is 0.0956. The molecule has 46 heavy (non-hydrogen) atoms. The van der Waals surface area contributed by atoms with E-state index < -0.39 is 0 Å². The molecule has 0 saturated carbocycles. The van der Waals surface area contributed by atoms with E-state index in [1.165, 1.54) is 0 Å². The first-order valence-electron chi connectivity index (χ1n) is 16.2. The number of nitrogens with zero attached hydrogens (tertiary/aromatic N) is 2. The summed E-state index contributed by atoms with van der Waals surface area (Å²) in [5, 5.41) is 18.0. The maximum atomic E-state index is 9.02. The zero-order valence-electron chi connectivity index (χ0n) is 26.4. The molecule has 0 bridgehead atoms. The Labute approximate surface area is 273 Å². The van der Waals surface area contributed by atoms with E-state index >= 15 is 0 Å². The Balaban J connectivity index is 1.41. The number of hydrogen-bond donors (Lipinski definition) is 2. The van der Waals surface area contributed by atoms with E-state index in [9.17, 15) is 0 Å². The lowest BCUT2D eigenvalue weighted by atomic mass is 10.1. The Kier molecular flexibility index (Phi) is 12.5. The number of benzene rings is 5. The highest BCUT2D eigenvalue weighted by atomic mass is 16.5. The second-order valence-corrected chi connectivity index (χ2v) is 11.1. The van der Waals surface area contributed by atoms with Crippen LogP contribution in [0.1, 0.15) is 38.5 Å². The van der Waals surface area contributed by atoms with E-state index in [-0.39, 0.29) is 13.2 Å². The van der Waals surface area contributed by atoms with Crippen LogP contribution in [0.2, 0.25) is 0 Å². The maximum absolute atomic E-state index is 9.02. The number of rotatable bonds is 18. The van der Waals surface area contributed by atoms with Gasteiger partial charge in [-0.05, 0) is 136 Å². The average molecular weight is 617 g/mol. The van der Waals surface area contributed by atoms with Crippen LogP contribution >= 0.6 is 0 Å². The third-order valence-electron chi connectivity index (χ3n) is 7.73. The van der Waals surface area contributed by atoms with Crippen molar-refractivity contribution in [3.8, 4) is 11.5 Å². The molecule has 5 aromatic carbocycles. The molecule has 0 aromatic heterocycles. The summed E-state index contributed by atoms with van der Waals surface area (Å²) in [5.41, 5.74) is 6.31. The highest BCUT2D eigenvalue weighted by molar-refractivity contribution is 5.81. The third kappa shape index (κ3) is 9.13. The van der Waals surface area contributed by atoms with Crippen LogP contribution in [0.4, 0.5) is 34.1 Å². The molecule has 0 atom stereocenters. The number of aliphatic hydroxyl groups excluding tert-OH is 2. The van der Waals surface area contributed by atoms with E-state index in [1.54, 1.807) is 0 Å². The normalized spacial score (nSPS) is 10.8. The van der Waals surface area contributed by atoms with Gasteiger partial charge in [0, 0.05) is 47.3 Å². The first-order chi connectivity index (χ1) is 22.8. The van der Waals surface area contributed by atoms with Crippen LogP contribution in [-0.2, 0) is 0 Å². The molecule has 0 amide bonds. The Bertz CT molecular complexity index is 1450. The minimum Gasteiger partial charge on any atom is -0.494 e. The van der Waals surface area contributed by atoms with Crippen molar-refractivity contribution >= 4 is 34.1 Å². The molecule has 6 nitrogen and oxygen atoms in total. The topological polar surface area (TPSA) is 65.4 Å². The molecule has 0 aliphatic carbocycles. The Hall–Kier alpha value is -4.78. The molecule has 2 N–H and O–H groups in total. The highest BCUT2D eigenvalue weighted by Crippen LogP contribution is 2.39. The number of ether oxygens (including phenoxy) is 2. The van der Waals surface area contributed by atoms with Crippen LogP contribution in [0.15, 0.2) is 133 Å². The summed E-state index contributed by atoms with van der Waals surface area (Å²) in [7, 11) is 0. The fourth-order valence-electron chi connectivity index (χ4n) is 5.34. The lowest BCUT2D eigenvalue weighted by Gasteiger charge is -2.28. The zero-order valence-corrected chi connectivity index (χ0v) is 26.4. The summed E-state index contributed by atoms with van der Waals surface area (Å²) >= 11 is 0. The Morgan fingerprint density at radius 1 is 0.348 bits per heavy atom. The standard InChI is InChI=1S/C40H44N2O4/c43-29-9-3-11-31-45-39-25-21-37(22-26-39)42(38-23-27-40(28-24-38)46-32-12-4-10-30-44)36-19-17-35(18-20-36)41(33-13-5-1-6-14-33)34-15-7-2-8-16-34/h1-2,5-8,13-28,43-44H,3-4,9-12,29-32H2. The predicted molar refractivity (Wildman–Crippen MR) is 189 cm³/mol. The fraction of sp³-hybridized carbons (Fsp3) is 0.250. The molecule has 0 spiro atoms. The van der Waals surface area contributed by atoms with E-state index in [4.69, 9.17) is 19.7 Å². The molecule has 0 unspecified atom stereocenters. The predicted octanol–water partition coefficient (Wildman–Crippen LogP) is 9.71. The number of aliphatic hydroxyl groups is 2. The summed E-state index contributed by atoms with van der Waals surface area (Å²) in [6.07, 6.45) is 5.34. The summed E-state index contributed by atoms with van der Waals surface area (Å²) in [4.78, 5) is 4.49. The summed E-state index contributed by atoms with van der Waals surface area (Å²) in [6.45, 7) is 1.70. The molecule has 0 heterocycles. The smallest absolute Gasteiger partial charge is 0.119 e. The fourth-order valence-corrected chi connectivity index (χ4v) is 5.34. The molecule has 0 aliphatic heterocycles. The van der Waals surface area contributed by atoms with Gasteiger partial charge in [0.2, 0.25) is 0 Å². The van der Waals surface area contributed by atoms with Gasteiger partial charge in [-0.15, -0.1) is 0 Å². The lowest BCUT2D eigenvalue weighted by Crippen LogP contribution is -2.12. The van der Waals surface area contributed by atoms with Crippen molar-refractivity contribution in [3.63, 3.8) is 0 Å². The minimum atomic E-state index is 0.222. The molecule has 0 aliphatic rings. The molecule has 5 rings (SSSR count). The van der Waals surface area contributed by atoms with Gasteiger partial charge < -0.3 is 29.5 Å². The van der Waals surface area contributed by atoms with Crippen molar-refractivity contribution in [2.24, 2.45) is 0 Å². The van der Waals surface area contributed by atoms with Crippen molar-refractivity contribution in [1.82, 2.24) is 0 Å². The zero-order chi connectivity index (χ0) is 31.8. The Morgan fingerprint density at radius 2 is 0.652 bits per heavy atom. The second kappa shape index (κ2) is 17.6. The first-order valence-corrected chi connectivity index (χ1v) is 16.2. The number of unbranched alkanes of at least 4 members (excludes halogenated alkanes) is 4. The maximum Gasteiger partial charge on any atom is 0.119 e. The van der Waals surface area contributed by atoms with Gasteiger partial charge in [-0.3, -0.25) is 0 Å². The average Bonchev–Trinajstić information content (AvgIpc) is 3.11. The van der Waals surface area contributed by atoms with Gasteiger partial charge in [0.1, 0.15) is 11.5 Å². The van der Waals surface area contributed by atoms with Crippen LogP contribution in [0, 0.1) is 0 Å². The largest absolute Gasteiger partial charge is 0.494 e. The van der Waals surface area contributed by atoms with Gasteiger partial charge in [-0.25, -0.2) is 0 Å². The summed E-state index contributed by atoms with van der Waals surface area (Å²) < 4.78 is 11.9. The second-order valence-electron chi connectivity index (χ2n) is 11.1. The van der Waals surface area contributed by atoms with Gasteiger partial charge in [-0.2, -0.15) is 0 Å². The highest BCUT2D eigenvalue weighted by Gasteiger charge is 2.16. The van der Waals surface area contributed by atoms with Gasteiger partial charge in [-0.1, -0.05) is 36.4 Å². The van der Waals surface area contributed by atoms with E-state index in [2.05, 4.69) is 107 Å². The third-order valence-corrected chi connectivity index (χ3v) is 7.73. The molecular weight excluding hydrogens is 572 g/mol. The summed E-state index contributed by atoms with van der Waals surface area (Å²) in [6, 6.07) is 45.9. The molecular formula is C40H44N2O4. The van der Waals surface area contributed by atoms with E-state index in [0.29, 0.717) is 13.2 Å². The van der Waals surface area contributed by atoms with Crippen LogP contribution in [0.25, 0.3) is 0 Å². The van der Waals surface area contributed by atoms with Crippen molar-refractivity contribution < 1.29 is 19.7 Å². The van der Waals surface area contributed by atoms with Crippen LogP contribution in [0.5, 0.6) is 11.5 Å². The molecule has 0 fully saturated rings. The number of hydrogen-bond acceptors (Lipinski definition) is 6. The van der Waals surface area contributed by atoms with E-state index in [1.807, 2.05) is 36.4 Å². The van der Waals surface area contributed by atoms with Gasteiger partial charge in [0.15, 0.2) is 0 Å².